The van der Waals surface area contributed by atoms with Crippen LogP contribution in [0.1, 0.15) is 25.0 Å². The first-order valence-corrected chi connectivity index (χ1v) is 5.22. The number of aryl methyl sites for hydroxylation is 1. The highest BCUT2D eigenvalue weighted by Crippen LogP contribution is 2.25. The molecule has 2 nitrogen and oxygen atoms in total. The summed E-state index contributed by atoms with van der Waals surface area (Å²) in [6, 6.07) is 12.7. The van der Waals surface area contributed by atoms with Crippen molar-refractivity contribution < 1.29 is 0 Å². The molecule has 1 aromatic heterocycles. The lowest BCUT2D eigenvalue weighted by Gasteiger charge is -2.07. The van der Waals surface area contributed by atoms with Gasteiger partial charge in [-0.3, -0.25) is 0 Å². The molecule has 1 unspecified atom stereocenters. The zero-order chi connectivity index (χ0) is 10.8. The number of nitriles is 1. The average Bonchev–Trinajstić information content (AvgIpc) is 2.60. The molecule has 0 N–H and O–H groups in total. The van der Waals surface area contributed by atoms with Gasteiger partial charge in [0, 0.05) is 18.3 Å². The Morgan fingerprint density at radius 3 is 2.73 bits per heavy atom. The Morgan fingerprint density at radius 1 is 1.40 bits per heavy atom. The van der Waals surface area contributed by atoms with Gasteiger partial charge in [0.1, 0.15) is 0 Å². The Labute approximate surface area is 89.7 Å². The molecule has 2 aromatic rings. The van der Waals surface area contributed by atoms with Gasteiger partial charge in [-0.1, -0.05) is 25.1 Å². The molecule has 0 aliphatic heterocycles. The SMILES string of the molecule is CCC(C#N)c1cc2ccccc2n1C. The van der Waals surface area contributed by atoms with Crippen LogP contribution in [-0.4, -0.2) is 4.57 Å². The Morgan fingerprint density at radius 2 is 2.13 bits per heavy atom. The summed E-state index contributed by atoms with van der Waals surface area (Å²) < 4.78 is 2.12. The molecule has 1 heterocycles. The Bertz CT molecular complexity index is 517. The number of rotatable bonds is 2. The molecule has 1 atom stereocenters. The van der Waals surface area contributed by atoms with Gasteiger partial charge in [0.2, 0.25) is 0 Å². The number of aromatic nitrogens is 1. The average molecular weight is 198 g/mol. The second-order valence-electron chi connectivity index (χ2n) is 3.78. The van der Waals surface area contributed by atoms with Crippen molar-refractivity contribution in [3.8, 4) is 6.07 Å². The van der Waals surface area contributed by atoms with E-state index in [4.69, 9.17) is 5.26 Å². The molecule has 0 fully saturated rings. The zero-order valence-corrected chi connectivity index (χ0v) is 9.07. The first-order valence-electron chi connectivity index (χ1n) is 5.22. The van der Waals surface area contributed by atoms with Crippen LogP contribution in [0.5, 0.6) is 0 Å². The van der Waals surface area contributed by atoms with Gasteiger partial charge in [0.15, 0.2) is 0 Å². The summed E-state index contributed by atoms with van der Waals surface area (Å²) in [5, 5.41) is 10.3. The number of hydrogen-bond acceptors (Lipinski definition) is 1. The molecule has 0 aliphatic rings. The largest absolute Gasteiger partial charge is 0.346 e. The summed E-state index contributed by atoms with van der Waals surface area (Å²) in [5.41, 5.74) is 2.31. The molecular formula is C13H14N2. The van der Waals surface area contributed by atoms with Gasteiger partial charge in [-0.05, 0) is 23.9 Å². The van der Waals surface area contributed by atoms with Crippen LogP contribution < -0.4 is 0 Å². The number of fused-ring (bicyclic) bond motifs is 1. The van der Waals surface area contributed by atoms with Crippen molar-refractivity contribution in [2.75, 3.05) is 0 Å². The van der Waals surface area contributed by atoms with Gasteiger partial charge in [0.25, 0.3) is 0 Å². The predicted molar refractivity (Wildman–Crippen MR) is 61.6 cm³/mol. The quantitative estimate of drug-likeness (QED) is 0.728. The van der Waals surface area contributed by atoms with Gasteiger partial charge >= 0.3 is 0 Å². The Hall–Kier alpha value is -1.75. The second kappa shape index (κ2) is 3.78. The zero-order valence-electron chi connectivity index (χ0n) is 9.07. The van der Waals surface area contributed by atoms with Crippen LogP contribution in [0.15, 0.2) is 30.3 Å². The summed E-state index contributed by atoms with van der Waals surface area (Å²) in [6.45, 7) is 2.05. The van der Waals surface area contributed by atoms with Crippen LogP contribution >= 0.6 is 0 Å². The lowest BCUT2D eigenvalue weighted by atomic mass is 10.0. The van der Waals surface area contributed by atoms with E-state index in [0.29, 0.717) is 0 Å². The minimum Gasteiger partial charge on any atom is -0.346 e. The van der Waals surface area contributed by atoms with Crippen molar-refractivity contribution in [3.05, 3.63) is 36.0 Å². The van der Waals surface area contributed by atoms with E-state index < -0.39 is 0 Å². The van der Waals surface area contributed by atoms with Crippen molar-refractivity contribution in [3.63, 3.8) is 0 Å². The second-order valence-corrected chi connectivity index (χ2v) is 3.78. The predicted octanol–water partition coefficient (Wildman–Crippen LogP) is 3.20. The van der Waals surface area contributed by atoms with E-state index in [1.807, 2.05) is 26.1 Å². The first-order chi connectivity index (χ1) is 7.27. The third kappa shape index (κ3) is 1.50. The lowest BCUT2D eigenvalue weighted by Crippen LogP contribution is -2.01. The van der Waals surface area contributed by atoms with Crippen LogP contribution in [0.3, 0.4) is 0 Å². The molecule has 0 amide bonds. The van der Waals surface area contributed by atoms with Crippen molar-refractivity contribution in [1.82, 2.24) is 4.57 Å². The molecule has 1 aromatic carbocycles. The normalized spacial score (nSPS) is 12.6. The van der Waals surface area contributed by atoms with Gasteiger partial charge in [-0.15, -0.1) is 0 Å². The molecule has 15 heavy (non-hydrogen) atoms. The molecule has 2 rings (SSSR count). The summed E-state index contributed by atoms with van der Waals surface area (Å²) in [5.74, 6) is 0.00222. The van der Waals surface area contributed by atoms with Crippen molar-refractivity contribution in [2.45, 2.75) is 19.3 Å². The van der Waals surface area contributed by atoms with E-state index in [0.717, 1.165) is 12.1 Å². The minimum atomic E-state index is 0.00222. The number of nitrogens with zero attached hydrogens (tertiary/aromatic N) is 2. The Kier molecular flexibility index (Phi) is 2.47. The van der Waals surface area contributed by atoms with E-state index >= 15 is 0 Å². The highest BCUT2D eigenvalue weighted by molar-refractivity contribution is 5.81. The summed E-state index contributed by atoms with van der Waals surface area (Å²) in [6.07, 6.45) is 0.862. The number of para-hydroxylation sites is 1. The lowest BCUT2D eigenvalue weighted by molar-refractivity contribution is 0.737. The molecule has 0 bridgehead atoms. The monoisotopic (exact) mass is 198 g/mol. The Balaban J connectivity index is 2.63. The van der Waals surface area contributed by atoms with Gasteiger partial charge in [-0.2, -0.15) is 5.26 Å². The highest BCUT2D eigenvalue weighted by atomic mass is 14.9. The molecule has 0 saturated carbocycles. The van der Waals surface area contributed by atoms with Crippen LogP contribution in [0.2, 0.25) is 0 Å². The molecule has 0 aliphatic carbocycles. The van der Waals surface area contributed by atoms with Crippen molar-refractivity contribution >= 4 is 10.9 Å². The summed E-state index contributed by atoms with van der Waals surface area (Å²) in [4.78, 5) is 0. The van der Waals surface area contributed by atoms with Gasteiger partial charge in [-0.25, -0.2) is 0 Å². The van der Waals surface area contributed by atoms with Crippen LogP contribution in [0, 0.1) is 11.3 Å². The fourth-order valence-corrected chi connectivity index (χ4v) is 2.01. The van der Waals surface area contributed by atoms with E-state index in [1.54, 1.807) is 0 Å². The number of benzene rings is 1. The molecule has 0 radical (unpaired) electrons. The van der Waals surface area contributed by atoms with Crippen LogP contribution in [-0.2, 0) is 7.05 Å². The van der Waals surface area contributed by atoms with E-state index in [-0.39, 0.29) is 5.92 Å². The fraction of sp³-hybridized carbons (Fsp3) is 0.308. The van der Waals surface area contributed by atoms with E-state index in [9.17, 15) is 0 Å². The van der Waals surface area contributed by atoms with E-state index in [1.165, 1.54) is 10.9 Å². The maximum atomic E-state index is 9.07. The third-order valence-corrected chi connectivity index (χ3v) is 2.91. The molecule has 2 heteroatoms. The fourth-order valence-electron chi connectivity index (χ4n) is 2.01. The van der Waals surface area contributed by atoms with Gasteiger partial charge < -0.3 is 4.57 Å². The minimum absolute atomic E-state index is 0.00222. The maximum absolute atomic E-state index is 9.07. The molecule has 0 saturated heterocycles. The van der Waals surface area contributed by atoms with Crippen molar-refractivity contribution in [1.29, 1.82) is 5.26 Å². The molecule has 76 valence electrons. The van der Waals surface area contributed by atoms with Crippen LogP contribution in [0.4, 0.5) is 0 Å². The topological polar surface area (TPSA) is 28.7 Å². The third-order valence-electron chi connectivity index (χ3n) is 2.91. The van der Waals surface area contributed by atoms with Crippen molar-refractivity contribution in [2.24, 2.45) is 7.05 Å². The highest BCUT2D eigenvalue weighted by Gasteiger charge is 2.13. The number of hydrogen-bond donors (Lipinski definition) is 0. The summed E-state index contributed by atoms with van der Waals surface area (Å²) >= 11 is 0. The molecule has 0 spiro atoms. The van der Waals surface area contributed by atoms with Crippen LogP contribution in [0.25, 0.3) is 10.9 Å². The summed E-state index contributed by atoms with van der Waals surface area (Å²) in [7, 11) is 2.03. The molecular weight excluding hydrogens is 184 g/mol. The maximum Gasteiger partial charge on any atom is 0.0862 e. The van der Waals surface area contributed by atoms with Gasteiger partial charge in [0.05, 0.1) is 12.0 Å². The smallest absolute Gasteiger partial charge is 0.0862 e. The first kappa shape index (κ1) is 9.79. The van der Waals surface area contributed by atoms with E-state index in [2.05, 4.69) is 28.8 Å². The standard InChI is InChI=1S/C13H14N2/c1-3-10(9-14)13-8-11-6-4-5-7-12(11)15(13)2/h4-8,10H,3H2,1-2H3.